The Morgan fingerprint density at radius 1 is 1.04 bits per heavy atom. The van der Waals surface area contributed by atoms with Crippen LogP contribution in [0.15, 0.2) is 42.7 Å². The van der Waals surface area contributed by atoms with Crippen LogP contribution in [-0.4, -0.2) is 53.7 Å². The Bertz CT molecular complexity index is 743. The molecule has 0 N–H and O–H groups in total. The predicted molar refractivity (Wildman–Crippen MR) is 92.4 cm³/mol. The number of amides is 1. The number of pyridine rings is 1. The first-order chi connectivity index (χ1) is 12.3. The van der Waals surface area contributed by atoms with Gasteiger partial charge in [-0.05, 0) is 29.3 Å². The standard InChI is InChI=1S/C19H21N3O3/c23-19(11-15-3-4-17-18(10-15)25-14-24-17)22-8-6-21(7-9-22)13-16-2-1-5-20-12-16/h1-5,10,12H,6-9,11,13-14H2. The van der Waals surface area contributed by atoms with Gasteiger partial charge in [0, 0.05) is 45.1 Å². The van der Waals surface area contributed by atoms with Gasteiger partial charge in [-0.15, -0.1) is 0 Å². The molecule has 6 nitrogen and oxygen atoms in total. The topological polar surface area (TPSA) is 54.9 Å². The van der Waals surface area contributed by atoms with Crippen LogP contribution in [0.4, 0.5) is 0 Å². The molecule has 0 atom stereocenters. The predicted octanol–water partition coefficient (Wildman–Crippen LogP) is 1.70. The van der Waals surface area contributed by atoms with Crippen molar-refractivity contribution >= 4 is 5.91 Å². The fraction of sp³-hybridized carbons (Fsp3) is 0.368. The molecule has 130 valence electrons. The van der Waals surface area contributed by atoms with E-state index in [9.17, 15) is 4.79 Å². The van der Waals surface area contributed by atoms with Gasteiger partial charge in [0.15, 0.2) is 11.5 Å². The molecule has 2 aromatic rings. The van der Waals surface area contributed by atoms with Crippen LogP contribution >= 0.6 is 0 Å². The number of rotatable bonds is 4. The zero-order valence-corrected chi connectivity index (χ0v) is 14.1. The maximum atomic E-state index is 12.6. The number of benzene rings is 1. The van der Waals surface area contributed by atoms with Gasteiger partial charge < -0.3 is 14.4 Å². The van der Waals surface area contributed by atoms with E-state index >= 15 is 0 Å². The largest absolute Gasteiger partial charge is 0.454 e. The van der Waals surface area contributed by atoms with Crippen molar-refractivity contribution in [3.8, 4) is 11.5 Å². The molecule has 0 saturated carbocycles. The smallest absolute Gasteiger partial charge is 0.231 e. The van der Waals surface area contributed by atoms with Crippen LogP contribution in [0.25, 0.3) is 0 Å². The van der Waals surface area contributed by atoms with Gasteiger partial charge in [0.2, 0.25) is 12.7 Å². The van der Waals surface area contributed by atoms with Gasteiger partial charge in [-0.3, -0.25) is 14.7 Å². The maximum Gasteiger partial charge on any atom is 0.231 e. The number of fused-ring (bicyclic) bond motifs is 1. The van der Waals surface area contributed by atoms with E-state index in [0.29, 0.717) is 6.42 Å². The quantitative estimate of drug-likeness (QED) is 0.849. The number of nitrogens with zero attached hydrogens (tertiary/aromatic N) is 3. The summed E-state index contributed by atoms with van der Waals surface area (Å²) in [4.78, 5) is 21.0. The number of ether oxygens (including phenoxy) is 2. The molecule has 25 heavy (non-hydrogen) atoms. The fourth-order valence-electron chi connectivity index (χ4n) is 3.24. The summed E-state index contributed by atoms with van der Waals surface area (Å²) < 4.78 is 10.7. The fourth-order valence-corrected chi connectivity index (χ4v) is 3.24. The van der Waals surface area contributed by atoms with E-state index in [2.05, 4.69) is 16.0 Å². The summed E-state index contributed by atoms with van der Waals surface area (Å²) >= 11 is 0. The normalized spacial score (nSPS) is 16.9. The molecule has 0 radical (unpaired) electrons. The Morgan fingerprint density at radius 2 is 1.88 bits per heavy atom. The van der Waals surface area contributed by atoms with E-state index in [1.807, 2.05) is 35.4 Å². The molecule has 0 bridgehead atoms. The number of piperazine rings is 1. The Morgan fingerprint density at radius 3 is 2.68 bits per heavy atom. The van der Waals surface area contributed by atoms with Gasteiger partial charge in [-0.1, -0.05) is 12.1 Å². The Hall–Kier alpha value is -2.60. The second-order valence-corrected chi connectivity index (χ2v) is 6.38. The van der Waals surface area contributed by atoms with Crippen LogP contribution in [-0.2, 0) is 17.8 Å². The highest BCUT2D eigenvalue weighted by molar-refractivity contribution is 5.79. The molecule has 0 aliphatic carbocycles. The van der Waals surface area contributed by atoms with Crippen molar-refractivity contribution in [3.63, 3.8) is 0 Å². The van der Waals surface area contributed by atoms with Crippen molar-refractivity contribution in [2.24, 2.45) is 0 Å². The molecule has 1 fully saturated rings. The van der Waals surface area contributed by atoms with E-state index in [1.165, 1.54) is 5.56 Å². The number of aromatic nitrogens is 1. The van der Waals surface area contributed by atoms with Gasteiger partial charge in [-0.2, -0.15) is 0 Å². The lowest BCUT2D eigenvalue weighted by molar-refractivity contribution is -0.132. The maximum absolute atomic E-state index is 12.6. The van der Waals surface area contributed by atoms with Crippen molar-refractivity contribution in [2.45, 2.75) is 13.0 Å². The van der Waals surface area contributed by atoms with E-state index in [-0.39, 0.29) is 12.7 Å². The Kier molecular flexibility index (Phi) is 4.52. The molecule has 1 aromatic carbocycles. The molecule has 4 rings (SSSR count). The summed E-state index contributed by atoms with van der Waals surface area (Å²) in [5.41, 5.74) is 2.18. The third-order valence-corrected chi connectivity index (χ3v) is 4.65. The minimum absolute atomic E-state index is 0.167. The molecule has 0 unspecified atom stereocenters. The van der Waals surface area contributed by atoms with Gasteiger partial charge in [-0.25, -0.2) is 0 Å². The van der Waals surface area contributed by atoms with Gasteiger partial charge in [0.25, 0.3) is 0 Å². The molecular formula is C19H21N3O3. The average Bonchev–Trinajstić information content (AvgIpc) is 3.11. The van der Waals surface area contributed by atoms with Crippen molar-refractivity contribution in [3.05, 3.63) is 53.9 Å². The summed E-state index contributed by atoms with van der Waals surface area (Å²) in [6.45, 7) is 4.46. The highest BCUT2D eigenvalue weighted by Crippen LogP contribution is 2.32. The number of carbonyl (C=O) groups excluding carboxylic acids is 1. The van der Waals surface area contributed by atoms with E-state index in [4.69, 9.17) is 9.47 Å². The SMILES string of the molecule is O=C(Cc1ccc2c(c1)OCO2)N1CCN(Cc2cccnc2)CC1. The lowest BCUT2D eigenvalue weighted by atomic mass is 10.1. The third kappa shape index (κ3) is 3.74. The summed E-state index contributed by atoms with van der Waals surface area (Å²) in [5.74, 6) is 1.65. The zero-order valence-electron chi connectivity index (χ0n) is 14.1. The Balaban J connectivity index is 1.29. The summed E-state index contributed by atoms with van der Waals surface area (Å²) in [6.07, 6.45) is 4.09. The monoisotopic (exact) mass is 339 g/mol. The van der Waals surface area contributed by atoms with Gasteiger partial charge in [0.05, 0.1) is 6.42 Å². The van der Waals surface area contributed by atoms with Crippen LogP contribution in [0.1, 0.15) is 11.1 Å². The van der Waals surface area contributed by atoms with Crippen LogP contribution in [0.5, 0.6) is 11.5 Å². The first kappa shape index (κ1) is 15.9. The third-order valence-electron chi connectivity index (χ3n) is 4.65. The average molecular weight is 339 g/mol. The van der Waals surface area contributed by atoms with Crippen LogP contribution < -0.4 is 9.47 Å². The van der Waals surface area contributed by atoms with E-state index < -0.39 is 0 Å². The van der Waals surface area contributed by atoms with Crippen LogP contribution in [0, 0.1) is 0 Å². The van der Waals surface area contributed by atoms with Crippen LogP contribution in [0.2, 0.25) is 0 Å². The summed E-state index contributed by atoms with van der Waals surface area (Å²) in [6, 6.07) is 9.75. The highest BCUT2D eigenvalue weighted by Gasteiger charge is 2.22. The molecule has 2 aliphatic rings. The second kappa shape index (κ2) is 7.11. The van der Waals surface area contributed by atoms with Crippen molar-refractivity contribution in [1.29, 1.82) is 0 Å². The first-order valence-corrected chi connectivity index (χ1v) is 8.55. The molecule has 2 aliphatic heterocycles. The number of hydrogen-bond donors (Lipinski definition) is 0. The molecular weight excluding hydrogens is 318 g/mol. The molecule has 1 amide bonds. The molecule has 0 spiro atoms. The van der Waals surface area contributed by atoms with E-state index in [0.717, 1.165) is 49.8 Å². The molecule has 6 heteroatoms. The zero-order chi connectivity index (χ0) is 17.1. The Labute approximate surface area is 147 Å². The lowest BCUT2D eigenvalue weighted by Gasteiger charge is -2.34. The summed E-state index contributed by atoms with van der Waals surface area (Å²) in [5, 5.41) is 0. The van der Waals surface area contributed by atoms with Crippen molar-refractivity contribution in [2.75, 3.05) is 33.0 Å². The number of carbonyl (C=O) groups is 1. The highest BCUT2D eigenvalue weighted by atomic mass is 16.7. The van der Waals surface area contributed by atoms with Gasteiger partial charge >= 0.3 is 0 Å². The minimum Gasteiger partial charge on any atom is -0.454 e. The summed E-state index contributed by atoms with van der Waals surface area (Å²) in [7, 11) is 0. The second-order valence-electron chi connectivity index (χ2n) is 6.38. The van der Waals surface area contributed by atoms with Crippen molar-refractivity contribution in [1.82, 2.24) is 14.8 Å². The molecule has 3 heterocycles. The molecule has 1 saturated heterocycles. The van der Waals surface area contributed by atoms with E-state index in [1.54, 1.807) is 6.20 Å². The van der Waals surface area contributed by atoms with Crippen molar-refractivity contribution < 1.29 is 14.3 Å². The molecule has 1 aromatic heterocycles. The van der Waals surface area contributed by atoms with Gasteiger partial charge in [0.1, 0.15) is 0 Å². The first-order valence-electron chi connectivity index (χ1n) is 8.55. The van der Waals surface area contributed by atoms with Crippen LogP contribution in [0.3, 0.4) is 0 Å². The lowest BCUT2D eigenvalue weighted by Crippen LogP contribution is -2.48. The minimum atomic E-state index is 0.167. The number of hydrogen-bond acceptors (Lipinski definition) is 5.